The highest BCUT2D eigenvalue weighted by molar-refractivity contribution is 5.61. The van der Waals surface area contributed by atoms with Crippen molar-refractivity contribution in [1.82, 2.24) is 20.1 Å². The lowest BCUT2D eigenvalue weighted by Crippen LogP contribution is -2.45. The molecule has 0 atom stereocenters. The molecule has 1 aliphatic carbocycles. The highest BCUT2D eigenvalue weighted by atomic mass is 16.3. The van der Waals surface area contributed by atoms with Crippen LogP contribution in [0.25, 0.3) is 11.3 Å². The molecule has 0 saturated heterocycles. The molecular formula is C15H20N4O. The van der Waals surface area contributed by atoms with Crippen LogP contribution < -0.4 is 5.32 Å². The molecule has 3 rings (SSSR count). The Hall–Kier alpha value is -1.72. The van der Waals surface area contributed by atoms with Crippen molar-refractivity contribution in [3.8, 4) is 11.3 Å². The van der Waals surface area contributed by atoms with Crippen LogP contribution in [0.1, 0.15) is 24.8 Å². The molecule has 0 bridgehead atoms. The lowest BCUT2D eigenvalue weighted by molar-refractivity contribution is -0.0314. The van der Waals surface area contributed by atoms with Gasteiger partial charge in [-0.15, -0.1) is 0 Å². The predicted octanol–water partition coefficient (Wildman–Crippen LogP) is 1.49. The minimum Gasteiger partial charge on any atom is -0.389 e. The zero-order valence-electron chi connectivity index (χ0n) is 11.7. The first kappa shape index (κ1) is 13.3. The number of hydrogen-bond acceptors (Lipinski definition) is 4. The van der Waals surface area contributed by atoms with Crippen molar-refractivity contribution in [3.63, 3.8) is 0 Å². The van der Waals surface area contributed by atoms with Crippen LogP contribution in [-0.4, -0.2) is 32.0 Å². The van der Waals surface area contributed by atoms with Crippen molar-refractivity contribution in [2.24, 2.45) is 7.05 Å². The van der Waals surface area contributed by atoms with Gasteiger partial charge in [0.05, 0.1) is 11.3 Å². The summed E-state index contributed by atoms with van der Waals surface area (Å²) in [4.78, 5) is 4.04. The van der Waals surface area contributed by atoms with E-state index in [0.717, 1.165) is 36.1 Å². The van der Waals surface area contributed by atoms with Gasteiger partial charge in [0.2, 0.25) is 0 Å². The average molecular weight is 272 g/mol. The number of aromatic nitrogens is 3. The maximum absolute atomic E-state index is 10.1. The van der Waals surface area contributed by atoms with Crippen LogP contribution >= 0.6 is 0 Å². The van der Waals surface area contributed by atoms with Crippen molar-refractivity contribution in [2.75, 3.05) is 6.54 Å². The van der Waals surface area contributed by atoms with E-state index in [1.807, 2.05) is 30.1 Å². The van der Waals surface area contributed by atoms with Crippen molar-refractivity contribution in [3.05, 3.63) is 36.3 Å². The summed E-state index contributed by atoms with van der Waals surface area (Å²) < 4.78 is 1.82. The van der Waals surface area contributed by atoms with Gasteiger partial charge in [0.15, 0.2) is 0 Å². The molecule has 0 spiro atoms. The normalized spacial score (nSPS) is 16.9. The zero-order valence-corrected chi connectivity index (χ0v) is 11.7. The molecule has 2 aromatic heterocycles. The zero-order chi connectivity index (χ0) is 14.0. The molecule has 0 aromatic carbocycles. The Balaban J connectivity index is 1.70. The van der Waals surface area contributed by atoms with E-state index in [-0.39, 0.29) is 0 Å². The largest absolute Gasteiger partial charge is 0.389 e. The Kier molecular flexibility index (Phi) is 3.54. The Labute approximate surface area is 118 Å². The van der Waals surface area contributed by atoms with Gasteiger partial charge >= 0.3 is 0 Å². The lowest BCUT2D eigenvalue weighted by atomic mass is 9.80. The molecule has 5 heteroatoms. The summed E-state index contributed by atoms with van der Waals surface area (Å²) in [5.41, 5.74) is 2.70. The summed E-state index contributed by atoms with van der Waals surface area (Å²) in [6.45, 7) is 1.37. The summed E-state index contributed by atoms with van der Waals surface area (Å²) >= 11 is 0. The van der Waals surface area contributed by atoms with Gasteiger partial charge in [-0.1, -0.05) is 0 Å². The molecule has 0 aliphatic heterocycles. The molecule has 0 radical (unpaired) electrons. The molecule has 1 aliphatic rings. The Morgan fingerprint density at radius 2 is 2.10 bits per heavy atom. The number of rotatable bonds is 5. The second-order valence-corrected chi connectivity index (χ2v) is 5.59. The highest BCUT2D eigenvalue weighted by Gasteiger charge is 2.33. The van der Waals surface area contributed by atoms with Crippen LogP contribution in [0.5, 0.6) is 0 Å². The highest BCUT2D eigenvalue weighted by Crippen LogP contribution is 2.30. The summed E-state index contributed by atoms with van der Waals surface area (Å²) in [7, 11) is 1.92. The minimum absolute atomic E-state index is 0.487. The minimum atomic E-state index is -0.487. The summed E-state index contributed by atoms with van der Waals surface area (Å²) in [5.74, 6) is 0. The van der Waals surface area contributed by atoms with Gasteiger partial charge in [-0.3, -0.25) is 9.67 Å². The van der Waals surface area contributed by atoms with E-state index >= 15 is 0 Å². The van der Waals surface area contributed by atoms with Crippen LogP contribution in [0.4, 0.5) is 0 Å². The van der Waals surface area contributed by atoms with Gasteiger partial charge < -0.3 is 10.4 Å². The van der Waals surface area contributed by atoms with Crippen molar-refractivity contribution >= 4 is 0 Å². The lowest BCUT2D eigenvalue weighted by Gasteiger charge is -2.36. The standard InChI is InChI=1S/C15H20N4O/c1-19-10-13(9-17-11-15(20)5-2-6-15)14(18-19)12-3-7-16-8-4-12/h3-4,7-8,10,17,20H,2,5-6,9,11H2,1H3. The number of hydrogen-bond donors (Lipinski definition) is 2. The molecule has 2 N–H and O–H groups in total. The van der Waals surface area contributed by atoms with Crippen LogP contribution in [0.3, 0.4) is 0 Å². The second kappa shape index (κ2) is 5.34. The molecule has 106 valence electrons. The number of pyridine rings is 1. The first-order valence-corrected chi connectivity index (χ1v) is 7.02. The van der Waals surface area contributed by atoms with E-state index in [2.05, 4.69) is 15.4 Å². The van der Waals surface area contributed by atoms with Gasteiger partial charge in [0.1, 0.15) is 0 Å². The van der Waals surface area contributed by atoms with E-state index in [0.29, 0.717) is 13.1 Å². The molecule has 0 amide bonds. The molecule has 2 aromatic rings. The maximum Gasteiger partial charge on any atom is 0.0969 e. The van der Waals surface area contributed by atoms with Crippen LogP contribution in [0, 0.1) is 0 Å². The van der Waals surface area contributed by atoms with Gasteiger partial charge in [-0.25, -0.2) is 0 Å². The fourth-order valence-electron chi connectivity index (χ4n) is 2.61. The first-order chi connectivity index (χ1) is 9.66. The van der Waals surface area contributed by atoms with E-state index in [1.54, 1.807) is 12.4 Å². The quantitative estimate of drug-likeness (QED) is 0.865. The smallest absolute Gasteiger partial charge is 0.0969 e. The molecule has 20 heavy (non-hydrogen) atoms. The summed E-state index contributed by atoms with van der Waals surface area (Å²) in [5, 5.41) is 18.0. The molecular weight excluding hydrogens is 252 g/mol. The number of nitrogens with one attached hydrogen (secondary N) is 1. The monoisotopic (exact) mass is 272 g/mol. The first-order valence-electron chi connectivity index (χ1n) is 7.02. The molecule has 1 fully saturated rings. The fourth-order valence-corrected chi connectivity index (χ4v) is 2.61. The van der Waals surface area contributed by atoms with Crippen molar-refractivity contribution in [2.45, 2.75) is 31.4 Å². The second-order valence-electron chi connectivity index (χ2n) is 5.59. The maximum atomic E-state index is 10.1. The van der Waals surface area contributed by atoms with Gasteiger partial charge in [0.25, 0.3) is 0 Å². The Morgan fingerprint density at radius 3 is 2.75 bits per heavy atom. The molecule has 5 nitrogen and oxygen atoms in total. The van der Waals surface area contributed by atoms with Gasteiger partial charge in [0, 0.05) is 49.9 Å². The number of aryl methyl sites for hydroxylation is 1. The van der Waals surface area contributed by atoms with Crippen molar-refractivity contribution in [1.29, 1.82) is 0 Å². The Bertz CT molecular complexity index is 575. The van der Waals surface area contributed by atoms with Crippen molar-refractivity contribution < 1.29 is 5.11 Å². The topological polar surface area (TPSA) is 63.0 Å². The van der Waals surface area contributed by atoms with E-state index in [4.69, 9.17) is 0 Å². The van der Waals surface area contributed by atoms with Crippen LogP contribution in [0.15, 0.2) is 30.7 Å². The van der Waals surface area contributed by atoms with E-state index < -0.39 is 5.60 Å². The molecule has 1 saturated carbocycles. The summed E-state index contributed by atoms with van der Waals surface area (Å²) in [6.07, 6.45) is 8.52. The average Bonchev–Trinajstić information content (AvgIpc) is 2.79. The molecule has 2 heterocycles. The third kappa shape index (κ3) is 2.73. The van der Waals surface area contributed by atoms with E-state index in [9.17, 15) is 5.11 Å². The van der Waals surface area contributed by atoms with Crippen LogP contribution in [-0.2, 0) is 13.6 Å². The number of nitrogens with zero attached hydrogens (tertiary/aromatic N) is 3. The fraction of sp³-hybridized carbons (Fsp3) is 0.467. The SMILES string of the molecule is Cn1cc(CNCC2(O)CCC2)c(-c2ccncc2)n1. The number of aliphatic hydroxyl groups is 1. The predicted molar refractivity (Wildman–Crippen MR) is 76.9 cm³/mol. The third-order valence-corrected chi connectivity index (χ3v) is 3.91. The molecule has 0 unspecified atom stereocenters. The van der Waals surface area contributed by atoms with Crippen LogP contribution in [0.2, 0.25) is 0 Å². The van der Waals surface area contributed by atoms with Gasteiger partial charge in [-0.05, 0) is 31.4 Å². The van der Waals surface area contributed by atoms with Gasteiger partial charge in [-0.2, -0.15) is 5.10 Å². The third-order valence-electron chi connectivity index (χ3n) is 3.91. The summed E-state index contributed by atoms with van der Waals surface area (Å²) in [6, 6.07) is 3.93. The van der Waals surface area contributed by atoms with E-state index in [1.165, 1.54) is 0 Å². The Morgan fingerprint density at radius 1 is 1.35 bits per heavy atom.